The molecule has 1 N–H and O–H groups in total. The first-order chi connectivity index (χ1) is 15.5. The van der Waals surface area contributed by atoms with Crippen molar-refractivity contribution >= 4 is 40.5 Å². The Hall–Kier alpha value is -3.64. The van der Waals surface area contributed by atoms with Crippen LogP contribution in [0.25, 0.3) is 0 Å². The van der Waals surface area contributed by atoms with Crippen molar-refractivity contribution in [3.05, 3.63) is 88.9 Å². The second kappa shape index (κ2) is 9.24. The minimum Gasteiger partial charge on any atom is -0.495 e. The first-order valence-corrected chi connectivity index (χ1v) is 10.5. The lowest BCUT2D eigenvalue weighted by atomic mass is 10.0. The number of fused-ring (bicyclic) bond motifs is 1. The van der Waals surface area contributed by atoms with Gasteiger partial charge in [-0.25, -0.2) is 0 Å². The molecular weight excluding hydrogens is 426 g/mol. The van der Waals surface area contributed by atoms with Crippen molar-refractivity contribution < 1.29 is 14.3 Å². The molecule has 1 atom stereocenters. The maximum atomic E-state index is 13.2. The van der Waals surface area contributed by atoms with E-state index in [1.165, 1.54) is 12.0 Å². The largest absolute Gasteiger partial charge is 0.495 e. The van der Waals surface area contributed by atoms with Gasteiger partial charge in [-0.15, -0.1) is 0 Å². The number of para-hydroxylation sites is 1. The minimum atomic E-state index is -0.647. The molecule has 6 nitrogen and oxygen atoms in total. The number of halogens is 1. The van der Waals surface area contributed by atoms with Gasteiger partial charge in [0.2, 0.25) is 5.91 Å². The number of rotatable bonds is 5. The van der Waals surface area contributed by atoms with Crippen LogP contribution in [0.2, 0.25) is 5.02 Å². The highest BCUT2D eigenvalue weighted by molar-refractivity contribution is 6.31. The molecule has 1 heterocycles. The number of amides is 2. The van der Waals surface area contributed by atoms with Crippen molar-refractivity contribution in [2.45, 2.75) is 13.0 Å². The number of hydrogen-bond donors (Lipinski definition) is 1. The molecule has 0 aromatic heterocycles. The average molecular weight is 448 g/mol. The number of nitrogens with one attached hydrogen (secondary N) is 1. The number of anilines is 2. The van der Waals surface area contributed by atoms with Gasteiger partial charge in [-0.05, 0) is 31.2 Å². The standard InChI is InChI=1S/C25H22ClN3O3/c1-16-25(31)29(15-23(30)28-20-14-18(26)12-13-22(20)32-2)21-11-7-6-10-19(21)24(27-16)17-8-4-3-5-9-17/h3-14,16H,15H2,1-2H3,(H,28,30). The highest BCUT2D eigenvalue weighted by Crippen LogP contribution is 2.30. The molecule has 1 aliphatic rings. The molecule has 2 amide bonds. The van der Waals surface area contributed by atoms with Crippen molar-refractivity contribution in [1.29, 1.82) is 0 Å². The summed E-state index contributed by atoms with van der Waals surface area (Å²) in [5.74, 6) is -0.144. The Labute approximate surface area is 191 Å². The quantitative estimate of drug-likeness (QED) is 0.623. The lowest BCUT2D eigenvalue weighted by Crippen LogP contribution is -2.42. The van der Waals surface area contributed by atoms with Crippen LogP contribution in [0.4, 0.5) is 11.4 Å². The summed E-state index contributed by atoms with van der Waals surface area (Å²) in [5, 5.41) is 3.26. The summed E-state index contributed by atoms with van der Waals surface area (Å²) in [6.07, 6.45) is 0. The minimum absolute atomic E-state index is 0.173. The van der Waals surface area contributed by atoms with Crippen LogP contribution < -0.4 is 15.0 Å². The number of benzodiazepines with no additional fused rings is 1. The van der Waals surface area contributed by atoms with Gasteiger partial charge in [0.25, 0.3) is 5.91 Å². The Kier molecular flexibility index (Phi) is 6.23. The number of benzene rings is 3. The molecule has 32 heavy (non-hydrogen) atoms. The number of nitrogens with zero attached hydrogens (tertiary/aromatic N) is 2. The van der Waals surface area contributed by atoms with Crippen molar-refractivity contribution in [3.8, 4) is 5.75 Å². The zero-order valence-corrected chi connectivity index (χ0v) is 18.5. The smallest absolute Gasteiger partial charge is 0.252 e. The van der Waals surface area contributed by atoms with E-state index in [9.17, 15) is 9.59 Å². The van der Waals surface area contributed by atoms with Crippen LogP contribution in [-0.2, 0) is 9.59 Å². The van der Waals surface area contributed by atoms with Crippen LogP contribution in [-0.4, -0.2) is 37.2 Å². The Balaban J connectivity index is 1.68. The summed E-state index contributed by atoms with van der Waals surface area (Å²) in [4.78, 5) is 32.4. The van der Waals surface area contributed by atoms with Crippen molar-refractivity contribution in [3.63, 3.8) is 0 Å². The molecule has 3 aromatic rings. The van der Waals surface area contributed by atoms with E-state index < -0.39 is 6.04 Å². The number of hydrogen-bond acceptors (Lipinski definition) is 4. The fourth-order valence-corrected chi connectivity index (χ4v) is 3.84. The molecule has 0 radical (unpaired) electrons. The molecule has 162 valence electrons. The van der Waals surface area contributed by atoms with Gasteiger partial charge in [0, 0.05) is 16.1 Å². The van der Waals surface area contributed by atoms with E-state index in [1.54, 1.807) is 25.1 Å². The summed E-state index contributed by atoms with van der Waals surface area (Å²) < 4.78 is 5.30. The van der Waals surface area contributed by atoms with Gasteiger partial charge < -0.3 is 15.0 Å². The Morgan fingerprint density at radius 2 is 1.81 bits per heavy atom. The highest BCUT2D eigenvalue weighted by Gasteiger charge is 2.30. The molecule has 0 fully saturated rings. The summed E-state index contributed by atoms with van der Waals surface area (Å²) in [5.41, 5.74) is 3.51. The molecule has 7 heteroatoms. The first kappa shape index (κ1) is 21.6. The molecule has 3 aromatic carbocycles. The van der Waals surface area contributed by atoms with E-state index in [0.29, 0.717) is 22.1 Å². The molecule has 0 bridgehead atoms. The number of carbonyl (C=O) groups is 2. The molecular formula is C25H22ClN3O3. The lowest BCUT2D eigenvalue weighted by Gasteiger charge is -2.24. The second-order valence-electron chi connectivity index (χ2n) is 7.35. The normalized spacial score (nSPS) is 15.5. The third-order valence-corrected chi connectivity index (χ3v) is 5.42. The monoisotopic (exact) mass is 447 g/mol. The van der Waals surface area contributed by atoms with Crippen molar-refractivity contribution in [1.82, 2.24) is 0 Å². The summed E-state index contributed by atoms with van der Waals surface area (Å²) in [7, 11) is 1.51. The molecule has 4 rings (SSSR count). The van der Waals surface area contributed by atoms with E-state index >= 15 is 0 Å². The predicted octanol–water partition coefficient (Wildman–Crippen LogP) is 4.56. The molecule has 0 saturated heterocycles. The highest BCUT2D eigenvalue weighted by atomic mass is 35.5. The van der Waals surface area contributed by atoms with E-state index in [4.69, 9.17) is 21.3 Å². The topological polar surface area (TPSA) is 71.0 Å². The van der Waals surface area contributed by atoms with Crippen LogP contribution in [0.5, 0.6) is 5.75 Å². The van der Waals surface area contributed by atoms with E-state index in [2.05, 4.69) is 5.32 Å². The summed E-state index contributed by atoms with van der Waals surface area (Å²) >= 11 is 6.07. The van der Waals surface area contributed by atoms with E-state index in [0.717, 1.165) is 16.8 Å². The van der Waals surface area contributed by atoms with Crippen molar-refractivity contribution in [2.75, 3.05) is 23.9 Å². The summed E-state index contributed by atoms with van der Waals surface area (Å²) in [6, 6.07) is 21.5. The molecule has 0 saturated carbocycles. The van der Waals surface area contributed by atoms with Crippen LogP contribution in [0.1, 0.15) is 18.1 Å². The Morgan fingerprint density at radius 3 is 2.56 bits per heavy atom. The fraction of sp³-hybridized carbons (Fsp3) is 0.160. The third kappa shape index (κ3) is 4.36. The van der Waals surface area contributed by atoms with Gasteiger partial charge in [-0.3, -0.25) is 14.6 Å². The first-order valence-electron chi connectivity index (χ1n) is 10.2. The van der Waals surface area contributed by atoms with Crippen LogP contribution in [0, 0.1) is 0 Å². The predicted molar refractivity (Wildman–Crippen MR) is 127 cm³/mol. The van der Waals surface area contributed by atoms with Gasteiger partial charge >= 0.3 is 0 Å². The third-order valence-electron chi connectivity index (χ3n) is 5.18. The molecule has 1 unspecified atom stereocenters. The van der Waals surface area contributed by atoms with Crippen LogP contribution in [0.3, 0.4) is 0 Å². The number of methoxy groups -OCH3 is 1. The molecule has 1 aliphatic heterocycles. The van der Waals surface area contributed by atoms with Crippen LogP contribution >= 0.6 is 11.6 Å². The number of carbonyl (C=O) groups excluding carboxylic acids is 2. The van der Waals surface area contributed by atoms with E-state index in [1.807, 2.05) is 54.6 Å². The number of aliphatic imine (C=N–C) groups is 1. The summed E-state index contributed by atoms with van der Waals surface area (Å²) in [6.45, 7) is 1.56. The van der Waals surface area contributed by atoms with Gasteiger partial charge in [0.1, 0.15) is 18.3 Å². The van der Waals surface area contributed by atoms with Gasteiger partial charge in [0.15, 0.2) is 0 Å². The zero-order valence-electron chi connectivity index (χ0n) is 17.7. The Bertz CT molecular complexity index is 1190. The fourth-order valence-electron chi connectivity index (χ4n) is 3.67. The SMILES string of the molecule is COc1ccc(Cl)cc1NC(=O)CN1C(=O)C(C)N=C(c2ccccc2)c2ccccc21. The van der Waals surface area contributed by atoms with E-state index in [-0.39, 0.29) is 18.4 Å². The lowest BCUT2D eigenvalue weighted by molar-refractivity contribution is -0.122. The maximum Gasteiger partial charge on any atom is 0.252 e. The van der Waals surface area contributed by atoms with Gasteiger partial charge in [-0.2, -0.15) is 0 Å². The number of ether oxygens (including phenoxy) is 1. The van der Waals surface area contributed by atoms with Crippen LogP contribution in [0.15, 0.2) is 77.8 Å². The Morgan fingerprint density at radius 1 is 1.09 bits per heavy atom. The zero-order chi connectivity index (χ0) is 22.7. The van der Waals surface area contributed by atoms with Crippen molar-refractivity contribution in [2.24, 2.45) is 4.99 Å². The molecule has 0 spiro atoms. The molecule has 0 aliphatic carbocycles. The average Bonchev–Trinajstić information content (AvgIpc) is 2.90. The maximum absolute atomic E-state index is 13.2. The van der Waals surface area contributed by atoms with Gasteiger partial charge in [-0.1, -0.05) is 60.1 Å². The second-order valence-corrected chi connectivity index (χ2v) is 7.79. The van der Waals surface area contributed by atoms with Gasteiger partial charge in [0.05, 0.1) is 24.2 Å².